The minimum absolute atomic E-state index is 0.156. The Morgan fingerprint density at radius 2 is 2.14 bits per heavy atom. The maximum absolute atomic E-state index is 12.6. The smallest absolute Gasteiger partial charge is 0.253 e. The van der Waals surface area contributed by atoms with E-state index in [4.69, 9.17) is 11.6 Å². The van der Waals surface area contributed by atoms with E-state index in [1.165, 1.54) is 0 Å². The van der Waals surface area contributed by atoms with Gasteiger partial charge in [0.05, 0.1) is 17.4 Å². The Bertz CT molecular complexity index is 1190. The Balaban J connectivity index is 1.92. The number of benzene rings is 1. The van der Waals surface area contributed by atoms with E-state index in [1.807, 2.05) is 62.9 Å². The lowest BCUT2D eigenvalue weighted by molar-refractivity contribution is 0.643. The van der Waals surface area contributed by atoms with Crippen molar-refractivity contribution in [3.63, 3.8) is 0 Å². The number of H-pyrrole nitrogens is 1. The summed E-state index contributed by atoms with van der Waals surface area (Å²) in [6.45, 7) is 9.48. The third kappa shape index (κ3) is 4.49. The van der Waals surface area contributed by atoms with Gasteiger partial charge in [-0.1, -0.05) is 17.7 Å². The number of aromatic amines is 1. The Kier molecular flexibility index (Phi) is 6.03. The fraction of sp³-hybridized carbons (Fsp3) is 0.227. The summed E-state index contributed by atoms with van der Waals surface area (Å²) >= 11 is 6.09. The number of halogens is 1. The van der Waals surface area contributed by atoms with Crippen LogP contribution in [0.1, 0.15) is 36.8 Å². The van der Waals surface area contributed by atoms with E-state index >= 15 is 0 Å². The number of hydrogen-bond acceptors (Lipinski definition) is 4. The van der Waals surface area contributed by atoms with Gasteiger partial charge >= 0.3 is 0 Å². The molecule has 29 heavy (non-hydrogen) atoms. The van der Waals surface area contributed by atoms with Gasteiger partial charge < -0.3 is 10.3 Å². The van der Waals surface area contributed by atoms with Crippen LogP contribution in [0.15, 0.2) is 58.1 Å². The summed E-state index contributed by atoms with van der Waals surface area (Å²) in [7, 11) is 1.90. The third-order valence-corrected chi connectivity index (χ3v) is 4.97. The molecule has 0 radical (unpaired) electrons. The van der Waals surface area contributed by atoms with Gasteiger partial charge in [-0.3, -0.25) is 9.48 Å². The maximum Gasteiger partial charge on any atom is 0.253 e. The van der Waals surface area contributed by atoms with Crippen molar-refractivity contribution in [3.05, 3.63) is 80.6 Å². The zero-order chi connectivity index (χ0) is 21.1. The van der Waals surface area contributed by atoms with Crippen LogP contribution >= 0.6 is 11.6 Å². The zero-order valence-corrected chi connectivity index (χ0v) is 17.7. The number of hydrogen-bond donors (Lipinski definition) is 2. The number of allylic oxidation sites excluding steroid dienone is 3. The van der Waals surface area contributed by atoms with E-state index < -0.39 is 0 Å². The maximum atomic E-state index is 12.6. The van der Waals surface area contributed by atoms with Gasteiger partial charge in [-0.25, -0.2) is 4.99 Å². The van der Waals surface area contributed by atoms with E-state index in [-0.39, 0.29) is 11.6 Å². The molecule has 0 bridgehead atoms. The number of rotatable bonds is 6. The SMILES string of the molecule is C=N/C(=C\C(=C/C)c1cc(C)nn1C)N[C@@H](C)c1cc2cc(Cl)ccc2[nH]c1=O. The number of aliphatic imine (C=N–C) groups is 1. The largest absolute Gasteiger partial charge is 0.363 e. The molecular weight excluding hydrogens is 386 g/mol. The minimum Gasteiger partial charge on any atom is -0.363 e. The van der Waals surface area contributed by atoms with Crippen LogP contribution in [0.3, 0.4) is 0 Å². The molecule has 3 aromatic rings. The lowest BCUT2D eigenvalue weighted by Crippen LogP contribution is -2.24. The molecule has 0 fully saturated rings. The number of pyridine rings is 1. The van der Waals surface area contributed by atoms with E-state index in [0.29, 0.717) is 16.4 Å². The fourth-order valence-electron chi connectivity index (χ4n) is 3.28. The third-order valence-electron chi connectivity index (χ3n) is 4.74. The molecule has 0 aliphatic carbocycles. The number of aromatic nitrogens is 3. The molecule has 0 amide bonds. The molecule has 0 aliphatic rings. The summed E-state index contributed by atoms with van der Waals surface area (Å²) in [5, 5.41) is 9.16. The second-order valence-corrected chi connectivity index (χ2v) is 7.31. The molecule has 0 saturated heterocycles. The van der Waals surface area contributed by atoms with Gasteiger partial charge in [-0.2, -0.15) is 5.10 Å². The van der Waals surface area contributed by atoms with Crippen molar-refractivity contribution < 1.29 is 0 Å². The summed E-state index contributed by atoms with van der Waals surface area (Å²) in [6.07, 6.45) is 3.88. The highest BCUT2D eigenvalue weighted by Gasteiger charge is 2.13. The number of aryl methyl sites for hydroxylation is 2. The average Bonchev–Trinajstić information content (AvgIpc) is 3.02. The van der Waals surface area contributed by atoms with Gasteiger partial charge in [0.2, 0.25) is 0 Å². The summed E-state index contributed by atoms with van der Waals surface area (Å²) in [5.41, 5.74) is 4.04. The average molecular weight is 410 g/mol. The first-order chi connectivity index (χ1) is 13.8. The molecule has 150 valence electrons. The van der Waals surface area contributed by atoms with Crippen LogP contribution < -0.4 is 10.9 Å². The highest BCUT2D eigenvalue weighted by molar-refractivity contribution is 6.31. The Hall–Kier alpha value is -3.12. The lowest BCUT2D eigenvalue weighted by atomic mass is 10.1. The Labute approximate surface area is 174 Å². The number of fused-ring (bicyclic) bond motifs is 1. The predicted molar refractivity (Wildman–Crippen MR) is 120 cm³/mol. The molecule has 1 atom stereocenters. The van der Waals surface area contributed by atoms with Gasteiger partial charge in [0.1, 0.15) is 5.82 Å². The first-order valence-electron chi connectivity index (χ1n) is 9.27. The van der Waals surface area contributed by atoms with Gasteiger partial charge in [-0.15, -0.1) is 0 Å². The molecule has 0 unspecified atom stereocenters. The zero-order valence-electron chi connectivity index (χ0n) is 17.0. The number of nitrogens with zero attached hydrogens (tertiary/aromatic N) is 3. The van der Waals surface area contributed by atoms with Crippen molar-refractivity contribution in [3.8, 4) is 0 Å². The lowest BCUT2D eigenvalue weighted by Gasteiger charge is -2.16. The molecule has 2 aromatic heterocycles. The molecule has 3 rings (SSSR count). The first-order valence-corrected chi connectivity index (χ1v) is 9.65. The monoisotopic (exact) mass is 409 g/mol. The van der Waals surface area contributed by atoms with Crippen molar-refractivity contribution in [2.75, 3.05) is 0 Å². The molecule has 0 saturated carbocycles. The number of nitrogens with one attached hydrogen (secondary N) is 2. The summed E-state index contributed by atoms with van der Waals surface area (Å²) in [5.74, 6) is 0.565. The van der Waals surface area contributed by atoms with Gasteiger partial charge in [0.25, 0.3) is 5.56 Å². The highest BCUT2D eigenvalue weighted by Crippen LogP contribution is 2.22. The second kappa shape index (κ2) is 8.49. The molecule has 0 aliphatic heterocycles. The van der Waals surface area contributed by atoms with E-state index in [0.717, 1.165) is 27.9 Å². The normalized spacial score (nSPS) is 13.6. The van der Waals surface area contributed by atoms with Crippen LogP contribution in [0, 0.1) is 6.92 Å². The van der Waals surface area contributed by atoms with Crippen molar-refractivity contribution in [1.29, 1.82) is 0 Å². The van der Waals surface area contributed by atoms with Gasteiger partial charge in [0.15, 0.2) is 0 Å². The molecule has 1 aromatic carbocycles. The van der Waals surface area contributed by atoms with Gasteiger partial charge in [0, 0.05) is 28.5 Å². The van der Waals surface area contributed by atoms with E-state index in [1.54, 1.807) is 12.1 Å². The van der Waals surface area contributed by atoms with Gasteiger partial charge in [-0.05, 0) is 69.5 Å². The highest BCUT2D eigenvalue weighted by atomic mass is 35.5. The van der Waals surface area contributed by atoms with Crippen molar-refractivity contribution in [2.24, 2.45) is 12.0 Å². The second-order valence-electron chi connectivity index (χ2n) is 6.88. The van der Waals surface area contributed by atoms with E-state index in [2.05, 4.69) is 27.1 Å². The molecule has 6 nitrogen and oxygen atoms in total. The van der Waals surface area contributed by atoms with Crippen molar-refractivity contribution >= 4 is 34.8 Å². The predicted octanol–water partition coefficient (Wildman–Crippen LogP) is 4.52. The fourth-order valence-corrected chi connectivity index (χ4v) is 3.46. The topological polar surface area (TPSA) is 75.1 Å². The molecule has 0 spiro atoms. The summed E-state index contributed by atoms with van der Waals surface area (Å²) in [6, 6.07) is 8.94. The van der Waals surface area contributed by atoms with Crippen LogP contribution in [-0.2, 0) is 7.05 Å². The van der Waals surface area contributed by atoms with E-state index in [9.17, 15) is 4.79 Å². The molecular formula is C22H24ClN5O. The minimum atomic E-state index is -0.287. The summed E-state index contributed by atoms with van der Waals surface area (Å²) < 4.78 is 1.82. The Morgan fingerprint density at radius 3 is 2.76 bits per heavy atom. The molecule has 2 heterocycles. The quantitative estimate of drug-likeness (QED) is 0.464. The van der Waals surface area contributed by atoms with Crippen molar-refractivity contribution in [2.45, 2.75) is 26.8 Å². The van der Waals surface area contributed by atoms with Crippen LogP contribution in [0.4, 0.5) is 0 Å². The first kappa shape index (κ1) is 20.6. The Morgan fingerprint density at radius 1 is 1.38 bits per heavy atom. The molecule has 2 N–H and O–H groups in total. The van der Waals surface area contributed by atoms with Crippen molar-refractivity contribution in [1.82, 2.24) is 20.1 Å². The molecule has 7 heteroatoms. The summed E-state index contributed by atoms with van der Waals surface area (Å²) in [4.78, 5) is 19.6. The van der Waals surface area contributed by atoms with Crippen LogP contribution in [0.25, 0.3) is 16.5 Å². The van der Waals surface area contributed by atoms with Crippen LogP contribution in [0.5, 0.6) is 0 Å². The standard InChI is InChI=1S/C22H24ClN5O/c1-6-15(20-9-13(2)27-28(20)5)12-21(24-4)25-14(3)18-11-16-10-17(23)7-8-19(16)26-22(18)29/h6-12,14,25H,4H2,1-3,5H3,(H,26,29)/b15-6+,21-12+/t14-/m0/s1. The van der Waals surface area contributed by atoms with Crippen LogP contribution in [0.2, 0.25) is 5.02 Å². The van der Waals surface area contributed by atoms with Crippen LogP contribution in [-0.4, -0.2) is 21.5 Å².